The summed E-state index contributed by atoms with van der Waals surface area (Å²) in [6, 6.07) is 0. The van der Waals surface area contributed by atoms with Gasteiger partial charge >= 0.3 is 0 Å². The molecular formula is C9H16N2O. The average molecular weight is 168 g/mol. The Bertz CT molecular complexity index is 172. The lowest BCUT2D eigenvalue weighted by molar-refractivity contribution is -0.128. The summed E-state index contributed by atoms with van der Waals surface area (Å²) in [5.74, 6) is 2.46. The first-order valence-electron chi connectivity index (χ1n) is 4.10. The SMILES string of the molecule is C#CCN(C)C(=O)CNCCC. The van der Waals surface area contributed by atoms with Gasteiger partial charge in [-0.3, -0.25) is 4.79 Å². The van der Waals surface area contributed by atoms with Crippen LogP contribution in [0.4, 0.5) is 0 Å². The number of amides is 1. The van der Waals surface area contributed by atoms with Crippen LogP contribution in [0.15, 0.2) is 0 Å². The number of hydrogen-bond donors (Lipinski definition) is 1. The van der Waals surface area contributed by atoms with Crippen LogP contribution in [-0.2, 0) is 4.79 Å². The number of nitrogens with zero attached hydrogens (tertiary/aromatic N) is 1. The number of nitrogens with one attached hydrogen (secondary N) is 1. The minimum atomic E-state index is 0.0430. The summed E-state index contributed by atoms with van der Waals surface area (Å²) in [5.41, 5.74) is 0. The van der Waals surface area contributed by atoms with Gasteiger partial charge in [-0.25, -0.2) is 0 Å². The fourth-order valence-electron chi connectivity index (χ4n) is 0.732. The normalized spacial score (nSPS) is 9.08. The van der Waals surface area contributed by atoms with Crippen molar-refractivity contribution in [1.82, 2.24) is 10.2 Å². The van der Waals surface area contributed by atoms with Crippen molar-refractivity contribution in [3.8, 4) is 12.3 Å². The molecule has 0 aromatic rings. The van der Waals surface area contributed by atoms with Crippen LogP contribution in [0.5, 0.6) is 0 Å². The number of likely N-dealkylation sites (N-methyl/N-ethyl adjacent to an activating group) is 1. The minimum absolute atomic E-state index is 0.0430. The van der Waals surface area contributed by atoms with E-state index >= 15 is 0 Å². The minimum Gasteiger partial charge on any atom is -0.334 e. The van der Waals surface area contributed by atoms with E-state index in [9.17, 15) is 4.79 Å². The Balaban J connectivity index is 3.51. The van der Waals surface area contributed by atoms with Gasteiger partial charge in [-0.05, 0) is 13.0 Å². The Hall–Kier alpha value is -1.01. The molecule has 0 unspecified atom stereocenters. The van der Waals surface area contributed by atoms with Crippen molar-refractivity contribution in [1.29, 1.82) is 0 Å². The van der Waals surface area contributed by atoms with Crippen molar-refractivity contribution in [3.05, 3.63) is 0 Å². The van der Waals surface area contributed by atoms with E-state index in [1.807, 2.05) is 0 Å². The second kappa shape index (κ2) is 6.68. The van der Waals surface area contributed by atoms with E-state index in [0.717, 1.165) is 13.0 Å². The molecule has 0 aliphatic carbocycles. The molecule has 0 aromatic heterocycles. The molecule has 0 saturated carbocycles. The quantitative estimate of drug-likeness (QED) is 0.465. The summed E-state index contributed by atoms with van der Waals surface area (Å²) in [7, 11) is 1.70. The van der Waals surface area contributed by atoms with E-state index in [1.54, 1.807) is 7.05 Å². The molecule has 0 atom stereocenters. The lowest BCUT2D eigenvalue weighted by Gasteiger charge is -2.13. The van der Waals surface area contributed by atoms with E-state index in [-0.39, 0.29) is 5.91 Å². The Kier molecular flexibility index (Phi) is 6.12. The van der Waals surface area contributed by atoms with Crippen molar-refractivity contribution in [2.45, 2.75) is 13.3 Å². The molecular weight excluding hydrogens is 152 g/mol. The molecule has 1 N–H and O–H groups in total. The van der Waals surface area contributed by atoms with E-state index < -0.39 is 0 Å². The topological polar surface area (TPSA) is 32.3 Å². The fraction of sp³-hybridized carbons (Fsp3) is 0.667. The maximum absolute atomic E-state index is 11.2. The maximum atomic E-state index is 11.2. The summed E-state index contributed by atoms with van der Waals surface area (Å²) < 4.78 is 0. The lowest BCUT2D eigenvalue weighted by Crippen LogP contribution is -2.35. The van der Waals surface area contributed by atoms with Crippen LogP contribution >= 0.6 is 0 Å². The molecule has 68 valence electrons. The maximum Gasteiger partial charge on any atom is 0.237 e. The lowest BCUT2D eigenvalue weighted by atomic mass is 10.4. The molecule has 0 heterocycles. The van der Waals surface area contributed by atoms with Crippen molar-refractivity contribution in [2.24, 2.45) is 0 Å². The largest absolute Gasteiger partial charge is 0.334 e. The standard InChI is InChI=1S/C9H16N2O/c1-4-6-10-8-9(12)11(3)7-5-2/h2,10H,4,6-8H2,1,3H3. The molecule has 12 heavy (non-hydrogen) atoms. The molecule has 0 rings (SSSR count). The van der Waals surface area contributed by atoms with Gasteiger partial charge in [0.15, 0.2) is 0 Å². The zero-order valence-electron chi connectivity index (χ0n) is 7.76. The third kappa shape index (κ3) is 4.75. The molecule has 0 radical (unpaired) electrons. The predicted molar refractivity (Wildman–Crippen MR) is 49.6 cm³/mol. The van der Waals surface area contributed by atoms with Crippen LogP contribution in [0.1, 0.15) is 13.3 Å². The summed E-state index contributed by atoms with van der Waals surface area (Å²) in [4.78, 5) is 12.7. The highest BCUT2D eigenvalue weighted by Crippen LogP contribution is 1.81. The summed E-state index contributed by atoms with van der Waals surface area (Å²) in [6.45, 7) is 3.69. The van der Waals surface area contributed by atoms with Crippen LogP contribution in [0.2, 0.25) is 0 Å². The van der Waals surface area contributed by atoms with Crippen molar-refractivity contribution in [2.75, 3.05) is 26.7 Å². The second-order valence-corrected chi connectivity index (χ2v) is 2.63. The molecule has 3 heteroatoms. The van der Waals surface area contributed by atoms with Crippen LogP contribution < -0.4 is 5.32 Å². The zero-order chi connectivity index (χ0) is 9.40. The summed E-state index contributed by atoms with van der Waals surface area (Å²) >= 11 is 0. The highest BCUT2D eigenvalue weighted by Gasteiger charge is 2.04. The molecule has 0 saturated heterocycles. The van der Waals surface area contributed by atoms with Gasteiger partial charge in [-0.15, -0.1) is 6.42 Å². The number of carbonyl (C=O) groups is 1. The van der Waals surface area contributed by atoms with Gasteiger partial charge in [0.1, 0.15) is 0 Å². The Morgan fingerprint density at radius 3 is 2.83 bits per heavy atom. The van der Waals surface area contributed by atoms with Gasteiger partial charge in [0.05, 0.1) is 13.1 Å². The van der Waals surface area contributed by atoms with Gasteiger partial charge in [0.2, 0.25) is 5.91 Å². The molecule has 0 aliphatic rings. The highest BCUT2D eigenvalue weighted by molar-refractivity contribution is 5.78. The van der Waals surface area contributed by atoms with Crippen LogP contribution in [0.25, 0.3) is 0 Å². The van der Waals surface area contributed by atoms with E-state index in [2.05, 4.69) is 18.2 Å². The average Bonchev–Trinajstić information content (AvgIpc) is 2.05. The summed E-state index contributed by atoms with van der Waals surface area (Å²) in [5, 5.41) is 3.01. The molecule has 3 nitrogen and oxygen atoms in total. The van der Waals surface area contributed by atoms with Gasteiger partial charge in [-0.1, -0.05) is 12.8 Å². The van der Waals surface area contributed by atoms with Crippen LogP contribution in [0, 0.1) is 12.3 Å². The van der Waals surface area contributed by atoms with Gasteiger partial charge in [0, 0.05) is 7.05 Å². The highest BCUT2D eigenvalue weighted by atomic mass is 16.2. The molecule has 1 amide bonds. The Morgan fingerprint density at radius 1 is 1.67 bits per heavy atom. The second-order valence-electron chi connectivity index (χ2n) is 2.63. The smallest absolute Gasteiger partial charge is 0.237 e. The Labute approximate surface area is 74.1 Å². The van der Waals surface area contributed by atoms with Crippen molar-refractivity contribution in [3.63, 3.8) is 0 Å². The van der Waals surface area contributed by atoms with E-state index in [1.165, 1.54) is 4.90 Å². The van der Waals surface area contributed by atoms with Crippen LogP contribution in [0.3, 0.4) is 0 Å². The van der Waals surface area contributed by atoms with E-state index in [4.69, 9.17) is 6.42 Å². The molecule has 0 spiro atoms. The van der Waals surface area contributed by atoms with Gasteiger partial charge in [-0.2, -0.15) is 0 Å². The Morgan fingerprint density at radius 2 is 2.33 bits per heavy atom. The van der Waals surface area contributed by atoms with Gasteiger partial charge in [0.25, 0.3) is 0 Å². The van der Waals surface area contributed by atoms with Crippen molar-refractivity contribution >= 4 is 5.91 Å². The molecule has 0 fully saturated rings. The fourth-order valence-corrected chi connectivity index (χ4v) is 0.732. The first kappa shape index (κ1) is 11.0. The predicted octanol–water partition coefficient (Wildman–Crippen LogP) is 0.0776. The van der Waals surface area contributed by atoms with E-state index in [0.29, 0.717) is 13.1 Å². The molecule has 0 bridgehead atoms. The van der Waals surface area contributed by atoms with Crippen LogP contribution in [-0.4, -0.2) is 37.5 Å². The first-order valence-corrected chi connectivity index (χ1v) is 4.10. The number of carbonyl (C=O) groups excluding carboxylic acids is 1. The first-order chi connectivity index (χ1) is 5.72. The zero-order valence-corrected chi connectivity index (χ0v) is 7.76. The number of rotatable bonds is 5. The number of terminal acetylenes is 1. The molecule has 0 aliphatic heterocycles. The molecule has 0 aromatic carbocycles. The van der Waals surface area contributed by atoms with Gasteiger partial charge < -0.3 is 10.2 Å². The van der Waals surface area contributed by atoms with Crippen molar-refractivity contribution < 1.29 is 4.79 Å². The third-order valence-corrected chi connectivity index (χ3v) is 1.46. The monoisotopic (exact) mass is 168 g/mol. The summed E-state index contributed by atoms with van der Waals surface area (Å²) in [6.07, 6.45) is 6.09. The number of hydrogen-bond acceptors (Lipinski definition) is 2. The third-order valence-electron chi connectivity index (χ3n) is 1.46.